The number of likely N-dealkylation sites (tertiary alicyclic amines) is 1. The van der Waals surface area contributed by atoms with Gasteiger partial charge in [0.25, 0.3) is 0 Å². The summed E-state index contributed by atoms with van der Waals surface area (Å²) < 4.78 is 37.3. The minimum Gasteiger partial charge on any atom is -0.350 e. The summed E-state index contributed by atoms with van der Waals surface area (Å²) in [5.41, 5.74) is -0.144. The third-order valence-corrected chi connectivity index (χ3v) is 3.72. The number of carbonyl (C=O) groups is 2. The molecule has 1 heterocycles. The number of hydrogen-bond acceptors (Lipinski definition) is 2. The van der Waals surface area contributed by atoms with E-state index in [1.807, 2.05) is 0 Å². The summed E-state index contributed by atoms with van der Waals surface area (Å²) in [5, 5.41) is 2.67. The standard InChI is InChI=1S/C15H17F3N2O2/c1-2-20-12(7-8-13(20)21)14(22)19-9-10-3-5-11(6-4-10)15(16,17)18/h3-6,12H,2,7-9H2,1H3,(H,19,22). The Kier molecular flexibility index (Phi) is 4.73. The first kappa shape index (κ1) is 16.3. The summed E-state index contributed by atoms with van der Waals surface area (Å²) in [6.45, 7) is 2.41. The van der Waals surface area contributed by atoms with Crippen LogP contribution >= 0.6 is 0 Å². The van der Waals surface area contributed by atoms with E-state index in [-0.39, 0.29) is 18.4 Å². The zero-order valence-corrected chi connectivity index (χ0v) is 12.1. The molecule has 1 saturated heterocycles. The molecule has 1 fully saturated rings. The van der Waals surface area contributed by atoms with Crippen LogP contribution in [0.4, 0.5) is 13.2 Å². The van der Waals surface area contributed by atoms with Gasteiger partial charge in [-0.15, -0.1) is 0 Å². The summed E-state index contributed by atoms with van der Waals surface area (Å²) in [6.07, 6.45) is -3.54. The molecule has 2 amide bonds. The molecule has 0 bridgehead atoms. The van der Waals surface area contributed by atoms with E-state index in [1.54, 1.807) is 6.92 Å². The number of nitrogens with zero attached hydrogens (tertiary/aromatic N) is 1. The Morgan fingerprint density at radius 1 is 1.32 bits per heavy atom. The van der Waals surface area contributed by atoms with Gasteiger partial charge < -0.3 is 10.2 Å². The van der Waals surface area contributed by atoms with Gasteiger partial charge in [0.15, 0.2) is 0 Å². The molecule has 1 aliphatic heterocycles. The van der Waals surface area contributed by atoms with Crippen molar-refractivity contribution in [2.45, 2.75) is 38.5 Å². The Labute approximate surface area is 126 Å². The van der Waals surface area contributed by atoms with E-state index < -0.39 is 17.8 Å². The normalized spacial score (nSPS) is 18.6. The van der Waals surface area contributed by atoms with Gasteiger partial charge in [0.1, 0.15) is 6.04 Å². The van der Waals surface area contributed by atoms with Crippen LogP contribution in [0.2, 0.25) is 0 Å². The van der Waals surface area contributed by atoms with E-state index in [2.05, 4.69) is 5.32 Å². The highest BCUT2D eigenvalue weighted by Gasteiger charge is 2.34. The lowest BCUT2D eigenvalue weighted by Crippen LogP contribution is -2.44. The van der Waals surface area contributed by atoms with E-state index in [0.717, 1.165) is 12.1 Å². The molecule has 1 aromatic carbocycles. The van der Waals surface area contributed by atoms with Crippen LogP contribution < -0.4 is 5.32 Å². The average Bonchev–Trinajstić information content (AvgIpc) is 2.85. The second-order valence-corrected chi connectivity index (χ2v) is 5.15. The molecule has 0 aromatic heterocycles. The number of alkyl halides is 3. The molecular weight excluding hydrogens is 297 g/mol. The van der Waals surface area contributed by atoms with Crippen molar-refractivity contribution in [3.8, 4) is 0 Å². The smallest absolute Gasteiger partial charge is 0.350 e. The van der Waals surface area contributed by atoms with Crippen LogP contribution in [0.3, 0.4) is 0 Å². The lowest BCUT2D eigenvalue weighted by molar-refractivity contribution is -0.137. The summed E-state index contributed by atoms with van der Waals surface area (Å²) >= 11 is 0. The molecule has 1 atom stereocenters. The predicted molar refractivity (Wildman–Crippen MR) is 73.7 cm³/mol. The van der Waals surface area contributed by atoms with E-state index in [4.69, 9.17) is 0 Å². The van der Waals surface area contributed by atoms with Crippen molar-refractivity contribution in [1.29, 1.82) is 0 Å². The first-order valence-electron chi connectivity index (χ1n) is 7.06. The number of hydrogen-bond donors (Lipinski definition) is 1. The van der Waals surface area contributed by atoms with Crippen molar-refractivity contribution in [3.63, 3.8) is 0 Å². The van der Waals surface area contributed by atoms with Gasteiger partial charge in [-0.05, 0) is 31.0 Å². The van der Waals surface area contributed by atoms with Gasteiger partial charge in [0, 0.05) is 19.5 Å². The molecule has 7 heteroatoms. The fourth-order valence-corrected chi connectivity index (χ4v) is 2.52. The van der Waals surface area contributed by atoms with Gasteiger partial charge >= 0.3 is 6.18 Å². The summed E-state index contributed by atoms with van der Waals surface area (Å²) in [6, 6.07) is 4.16. The van der Waals surface area contributed by atoms with Crippen molar-refractivity contribution in [3.05, 3.63) is 35.4 Å². The minimum absolute atomic E-state index is 0.0443. The number of halogens is 3. The topological polar surface area (TPSA) is 49.4 Å². The Morgan fingerprint density at radius 2 is 1.95 bits per heavy atom. The SMILES string of the molecule is CCN1C(=O)CCC1C(=O)NCc1ccc(C(F)(F)F)cc1. The molecule has 4 nitrogen and oxygen atoms in total. The largest absolute Gasteiger partial charge is 0.416 e. The van der Waals surface area contributed by atoms with E-state index in [1.165, 1.54) is 17.0 Å². The molecule has 1 aromatic rings. The Hall–Kier alpha value is -2.05. The van der Waals surface area contributed by atoms with E-state index in [0.29, 0.717) is 24.9 Å². The van der Waals surface area contributed by atoms with Crippen LogP contribution in [0.1, 0.15) is 30.9 Å². The van der Waals surface area contributed by atoms with E-state index >= 15 is 0 Å². The van der Waals surface area contributed by atoms with Crippen LogP contribution in [0.15, 0.2) is 24.3 Å². The zero-order chi connectivity index (χ0) is 16.3. The average molecular weight is 314 g/mol. The lowest BCUT2D eigenvalue weighted by Gasteiger charge is -2.22. The molecule has 0 spiro atoms. The monoisotopic (exact) mass is 314 g/mol. The number of carbonyl (C=O) groups excluding carboxylic acids is 2. The van der Waals surface area contributed by atoms with Gasteiger partial charge in [-0.1, -0.05) is 12.1 Å². The fraction of sp³-hybridized carbons (Fsp3) is 0.467. The van der Waals surface area contributed by atoms with Gasteiger partial charge in [0.05, 0.1) is 5.56 Å². The highest BCUT2D eigenvalue weighted by molar-refractivity contribution is 5.90. The molecule has 1 unspecified atom stereocenters. The summed E-state index contributed by atoms with van der Waals surface area (Å²) in [5.74, 6) is -0.315. The maximum atomic E-state index is 12.4. The summed E-state index contributed by atoms with van der Waals surface area (Å²) in [7, 11) is 0. The van der Waals surface area contributed by atoms with Crippen molar-refractivity contribution in [2.24, 2.45) is 0 Å². The first-order valence-corrected chi connectivity index (χ1v) is 7.06. The minimum atomic E-state index is -4.37. The zero-order valence-electron chi connectivity index (χ0n) is 12.1. The highest BCUT2D eigenvalue weighted by atomic mass is 19.4. The number of rotatable bonds is 4. The first-order chi connectivity index (χ1) is 10.3. The third kappa shape index (κ3) is 3.58. The quantitative estimate of drug-likeness (QED) is 0.927. The molecular formula is C15H17F3N2O2. The van der Waals surface area contributed by atoms with Crippen molar-refractivity contribution in [1.82, 2.24) is 10.2 Å². The molecule has 2 rings (SSSR count). The Morgan fingerprint density at radius 3 is 2.50 bits per heavy atom. The molecule has 0 aliphatic carbocycles. The van der Waals surface area contributed by atoms with Crippen molar-refractivity contribution < 1.29 is 22.8 Å². The van der Waals surface area contributed by atoms with Gasteiger partial charge in [-0.25, -0.2) is 0 Å². The molecule has 0 saturated carbocycles. The second kappa shape index (κ2) is 6.37. The maximum absolute atomic E-state index is 12.4. The number of likely N-dealkylation sites (N-methyl/N-ethyl adjacent to an activating group) is 1. The third-order valence-electron chi connectivity index (χ3n) is 3.72. The molecule has 1 aliphatic rings. The Bertz CT molecular complexity index is 555. The number of benzene rings is 1. The highest BCUT2D eigenvalue weighted by Crippen LogP contribution is 2.29. The number of amides is 2. The van der Waals surface area contributed by atoms with Crippen molar-refractivity contribution in [2.75, 3.05) is 6.54 Å². The number of nitrogens with one attached hydrogen (secondary N) is 1. The van der Waals surface area contributed by atoms with Gasteiger partial charge in [0.2, 0.25) is 11.8 Å². The van der Waals surface area contributed by atoms with Crippen LogP contribution in [0.5, 0.6) is 0 Å². The van der Waals surface area contributed by atoms with Crippen LogP contribution in [0.25, 0.3) is 0 Å². The van der Waals surface area contributed by atoms with Gasteiger partial charge in [-0.2, -0.15) is 13.2 Å². The second-order valence-electron chi connectivity index (χ2n) is 5.15. The predicted octanol–water partition coefficient (Wildman–Crippen LogP) is 2.33. The maximum Gasteiger partial charge on any atom is 0.416 e. The van der Waals surface area contributed by atoms with Crippen molar-refractivity contribution >= 4 is 11.8 Å². The molecule has 120 valence electrons. The van der Waals surface area contributed by atoms with Crippen LogP contribution in [-0.2, 0) is 22.3 Å². The molecule has 0 radical (unpaired) electrons. The summed E-state index contributed by atoms with van der Waals surface area (Å²) in [4.78, 5) is 25.2. The Balaban J connectivity index is 1.93. The lowest BCUT2D eigenvalue weighted by atomic mass is 10.1. The fourth-order valence-electron chi connectivity index (χ4n) is 2.52. The van der Waals surface area contributed by atoms with Crippen LogP contribution in [-0.4, -0.2) is 29.3 Å². The molecule has 1 N–H and O–H groups in total. The molecule has 22 heavy (non-hydrogen) atoms. The van der Waals surface area contributed by atoms with E-state index in [9.17, 15) is 22.8 Å². The van der Waals surface area contributed by atoms with Crippen LogP contribution in [0, 0.1) is 0 Å². The van der Waals surface area contributed by atoms with Gasteiger partial charge in [-0.3, -0.25) is 9.59 Å².